The highest BCUT2D eigenvalue weighted by Gasteiger charge is 2.30. The number of hydrogen-bond acceptors (Lipinski definition) is 3. The van der Waals surface area contributed by atoms with Crippen LogP contribution in [0.3, 0.4) is 0 Å². The maximum absolute atomic E-state index is 12.4. The van der Waals surface area contributed by atoms with Crippen molar-refractivity contribution in [2.45, 2.75) is 12.1 Å². The average Bonchev–Trinajstić information content (AvgIpc) is 2.93. The fourth-order valence-electron chi connectivity index (χ4n) is 1.69. The Morgan fingerprint density at radius 2 is 1.85 bits per heavy atom. The Kier molecular flexibility index (Phi) is 4.34. The first-order valence-electron chi connectivity index (χ1n) is 5.95. The van der Waals surface area contributed by atoms with Crippen LogP contribution in [-0.2, 0) is 6.18 Å². The molecule has 0 saturated carbocycles. The van der Waals surface area contributed by atoms with Crippen molar-refractivity contribution in [1.29, 1.82) is 0 Å². The maximum Gasteiger partial charge on any atom is 0.416 e. The largest absolute Gasteiger partial charge is 0.493 e. The molecule has 0 saturated heterocycles. The Bertz CT molecular complexity index is 518. The van der Waals surface area contributed by atoms with Crippen LogP contribution >= 0.6 is 0 Å². The predicted molar refractivity (Wildman–Crippen MR) is 65.5 cm³/mol. The molecule has 6 heteroatoms. The summed E-state index contributed by atoms with van der Waals surface area (Å²) in [6.45, 7) is -0.0521. The minimum atomic E-state index is -4.36. The lowest BCUT2D eigenvalue weighted by atomic mass is 10.1. The van der Waals surface area contributed by atoms with E-state index in [4.69, 9.17) is 9.15 Å². The fourth-order valence-corrected chi connectivity index (χ4v) is 1.69. The van der Waals surface area contributed by atoms with E-state index in [-0.39, 0.29) is 19.1 Å². The van der Waals surface area contributed by atoms with E-state index in [0.29, 0.717) is 11.5 Å². The molecule has 2 aromatic rings. The summed E-state index contributed by atoms with van der Waals surface area (Å²) in [5.41, 5.74) is -0.727. The van der Waals surface area contributed by atoms with Gasteiger partial charge in [-0.1, -0.05) is 0 Å². The van der Waals surface area contributed by atoms with E-state index in [1.54, 1.807) is 12.1 Å². The predicted octanol–water partition coefficient (Wildman–Crippen LogP) is 3.45. The zero-order valence-electron chi connectivity index (χ0n) is 10.4. The van der Waals surface area contributed by atoms with Gasteiger partial charge in [0.15, 0.2) is 0 Å². The molecule has 0 aliphatic heterocycles. The lowest BCUT2D eigenvalue weighted by Crippen LogP contribution is -2.13. The molecule has 0 radical (unpaired) electrons. The number of benzene rings is 1. The van der Waals surface area contributed by atoms with Gasteiger partial charge in [-0.15, -0.1) is 0 Å². The average molecular weight is 286 g/mol. The van der Waals surface area contributed by atoms with Crippen molar-refractivity contribution in [2.24, 2.45) is 0 Å². The Balaban J connectivity index is 1.97. The van der Waals surface area contributed by atoms with E-state index in [1.807, 2.05) is 0 Å². The van der Waals surface area contributed by atoms with Gasteiger partial charge in [-0.25, -0.2) is 0 Å². The van der Waals surface area contributed by atoms with Crippen molar-refractivity contribution >= 4 is 0 Å². The zero-order chi connectivity index (χ0) is 14.6. The highest BCUT2D eigenvalue weighted by Crippen LogP contribution is 2.30. The molecule has 108 valence electrons. The molecular formula is C14H13F3O3. The van der Waals surface area contributed by atoms with Gasteiger partial charge in [0.1, 0.15) is 18.1 Å². The molecule has 0 fully saturated rings. The minimum Gasteiger partial charge on any atom is -0.493 e. The number of aliphatic hydroxyl groups is 1. The number of halogens is 3. The van der Waals surface area contributed by atoms with Crippen molar-refractivity contribution in [3.63, 3.8) is 0 Å². The molecule has 2 rings (SSSR count). The first-order chi connectivity index (χ1) is 9.50. The van der Waals surface area contributed by atoms with E-state index in [9.17, 15) is 18.3 Å². The lowest BCUT2D eigenvalue weighted by molar-refractivity contribution is -0.137. The van der Waals surface area contributed by atoms with E-state index < -0.39 is 11.7 Å². The normalized spacial score (nSPS) is 13.2. The third kappa shape index (κ3) is 3.54. The molecule has 3 nitrogen and oxygen atoms in total. The van der Waals surface area contributed by atoms with Gasteiger partial charge < -0.3 is 14.3 Å². The summed E-state index contributed by atoms with van der Waals surface area (Å²) in [5.74, 6) is 0.523. The number of hydrogen-bond donors (Lipinski definition) is 1. The number of furan rings is 1. The number of aliphatic hydroxyl groups excluding tert-OH is 1. The second kappa shape index (κ2) is 6.00. The summed E-state index contributed by atoms with van der Waals surface area (Å²) in [5, 5.41) is 9.24. The summed E-state index contributed by atoms with van der Waals surface area (Å²) in [4.78, 5) is 0. The van der Waals surface area contributed by atoms with Crippen molar-refractivity contribution in [2.75, 3.05) is 13.2 Å². The summed E-state index contributed by atoms with van der Waals surface area (Å²) in [6, 6.07) is 7.80. The second-order valence-electron chi connectivity index (χ2n) is 4.23. The monoisotopic (exact) mass is 286 g/mol. The van der Waals surface area contributed by atoms with Crippen LogP contribution in [-0.4, -0.2) is 18.3 Å². The van der Waals surface area contributed by atoms with Gasteiger partial charge in [0.05, 0.1) is 24.4 Å². The van der Waals surface area contributed by atoms with Crippen molar-refractivity contribution in [1.82, 2.24) is 0 Å². The Hall–Kier alpha value is -1.95. The van der Waals surface area contributed by atoms with Gasteiger partial charge in [-0.3, -0.25) is 0 Å². The lowest BCUT2D eigenvalue weighted by Gasteiger charge is -2.13. The molecule has 0 aliphatic carbocycles. The highest BCUT2D eigenvalue weighted by molar-refractivity contribution is 5.29. The Morgan fingerprint density at radius 1 is 1.15 bits per heavy atom. The van der Waals surface area contributed by atoms with Gasteiger partial charge >= 0.3 is 6.18 Å². The molecule has 1 N–H and O–H groups in total. The van der Waals surface area contributed by atoms with E-state index in [1.165, 1.54) is 18.4 Å². The third-order valence-electron chi connectivity index (χ3n) is 2.80. The van der Waals surface area contributed by atoms with E-state index in [2.05, 4.69) is 0 Å². The van der Waals surface area contributed by atoms with Crippen LogP contribution in [0.1, 0.15) is 17.2 Å². The van der Waals surface area contributed by atoms with Crippen LogP contribution in [0.15, 0.2) is 47.1 Å². The first-order valence-corrected chi connectivity index (χ1v) is 5.95. The Morgan fingerprint density at radius 3 is 2.35 bits per heavy atom. The summed E-state index contributed by atoms with van der Waals surface area (Å²) in [6.07, 6.45) is -2.88. The molecular weight excluding hydrogens is 273 g/mol. The molecule has 1 unspecified atom stereocenters. The maximum atomic E-state index is 12.4. The van der Waals surface area contributed by atoms with Crippen LogP contribution in [0.4, 0.5) is 13.2 Å². The Labute approximate surface area is 113 Å². The van der Waals surface area contributed by atoms with Crippen LogP contribution in [0.5, 0.6) is 5.75 Å². The van der Waals surface area contributed by atoms with Crippen LogP contribution in [0.25, 0.3) is 0 Å². The number of rotatable bonds is 5. The topological polar surface area (TPSA) is 42.6 Å². The van der Waals surface area contributed by atoms with Crippen LogP contribution < -0.4 is 4.74 Å². The van der Waals surface area contributed by atoms with Crippen molar-refractivity contribution < 1.29 is 27.4 Å². The number of alkyl halides is 3. The number of ether oxygens (including phenoxy) is 1. The smallest absolute Gasteiger partial charge is 0.416 e. The van der Waals surface area contributed by atoms with Gasteiger partial charge in [0, 0.05) is 0 Å². The fraction of sp³-hybridized carbons (Fsp3) is 0.286. The zero-order valence-corrected chi connectivity index (χ0v) is 10.4. The first kappa shape index (κ1) is 14.5. The standard InChI is InChI=1S/C14H13F3O3/c15-14(16,17)11-3-5-12(6-4-11)20-9-10(8-18)13-2-1-7-19-13/h1-7,10,18H,8-9H2. The summed E-state index contributed by atoms with van der Waals surface area (Å²) >= 11 is 0. The molecule has 20 heavy (non-hydrogen) atoms. The molecule has 1 aromatic heterocycles. The van der Waals surface area contributed by atoms with Crippen LogP contribution in [0, 0.1) is 0 Å². The summed E-state index contributed by atoms with van der Waals surface area (Å²) in [7, 11) is 0. The minimum absolute atomic E-state index is 0.120. The van der Waals surface area contributed by atoms with E-state index in [0.717, 1.165) is 12.1 Å². The van der Waals surface area contributed by atoms with Crippen LogP contribution in [0.2, 0.25) is 0 Å². The van der Waals surface area contributed by atoms with Gasteiger partial charge in [0.2, 0.25) is 0 Å². The molecule has 1 heterocycles. The molecule has 0 amide bonds. The van der Waals surface area contributed by atoms with Gasteiger partial charge in [-0.2, -0.15) is 13.2 Å². The summed E-state index contributed by atoms with van der Waals surface area (Å²) < 4.78 is 47.7. The molecule has 0 aliphatic rings. The van der Waals surface area contributed by atoms with Crippen molar-refractivity contribution in [3.8, 4) is 5.75 Å². The molecule has 1 aromatic carbocycles. The molecule has 1 atom stereocenters. The van der Waals surface area contributed by atoms with Gasteiger partial charge in [-0.05, 0) is 36.4 Å². The quantitative estimate of drug-likeness (QED) is 0.915. The SMILES string of the molecule is OCC(COc1ccc(C(F)(F)F)cc1)c1ccco1. The van der Waals surface area contributed by atoms with E-state index >= 15 is 0 Å². The third-order valence-corrected chi connectivity index (χ3v) is 2.80. The molecule has 0 spiro atoms. The molecule has 0 bridgehead atoms. The highest BCUT2D eigenvalue weighted by atomic mass is 19.4. The van der Waals surface area contributed by atoms with Gasteiger partial charge in [0.25, 0.3) is 0 Å². The van der Waals surface area contributed by atoms with Crippen molar-refractivity contribution in [3.05, 3.63) is 54.0 Å². The second-order valence-corrected chi connectivity index (χ2v) is 4.23.